The predicted molar refractivity (Wildman–Crippen MR) is 151 cm³/mol. The number of unbranched alkanes of at least 4 members (excludes halogenated alkanes) is 4. The van der Waals surface area contributed by atoms with Crippen LogP contribution in [-0.2, 0) is 20.4 Å². The monoisotopic (exact) mass is 522 g/mol. The average molecular weight is 523 g/mol. The molecule has 0 heterocycles. The molecule has 6 nitrogen and oxygen atoms in total. The van der Waals surface area contributed by atoms with Crippen molar-refractivity contribution in [1.29, 1.82) is 0 Å². The second-order valence-electron chi connectivity index (χ2n) is 11.6. The van der Waals surface area contributed by atoms with Gasteiger partial charge in [0, 0.05) is 23.6 Å². The Kier molecular flexibility index (Phi) is 9.64. The van der Waals surface area contributed by atoms with E-state index < -0.39 is 11.9 Å². The Morgan fingerprint density at radius 1 is 0.842 bits per heavy atom. The Bertz CT molecular complexity index is 1170. The molecule has 0 atom stereocenters. The van der Waals surface area contributed by atoms with Crippen molar-refractivity contribution in [3.05, 3.63) is 53.1 Å². The van der Waals surface area contributed by atoms with Crippen LogP contribution in [0.1, 0.15) is 95.8 Å². The molecule has 1 aliphatic rings. The minimum atomic E-state index is -0.993. The van der Waals surface area contributed by atoms with Crippen LogP contribution >= 0.6 is 0 Å². The van der Waals surface area contributed by atoms with E-state index in [0.29, 0.717) is 18.8 Å². The van der Waals surface area contributed by atoms with E-state index in [1.165, 1.54) is 11.1 Å². The normalized spacial score (nSPS) is 15.7. The average Bonchev–Trinajstić information content (AvgIpc) is 2.86. The SMILES string of the molecule is COc1ccc(/C=C/C(=O)O)cc1-c1cc2c(cc1OCCCCCCCC(=O)O)C(C)(C)CCC2(C)C. The Labute approximate surface area is 226 Å². The van der Waals surface area contributed by atoms with E-state index in [4.69, 9.17) is 19.7 Å². The van der Waals surface area contributed by atoms with Crippen LogP contribution < -0.4 is 9.47 Å². The zero-order valence-corrected chi connectivity index (χ0v) is 23.4. The van der Waals surface area contributed by atoms with Gasteiger partial charge >= 0.3 is 11.9 Å². The number of aliphatic carboxylic acids is 2. The molecule has 38 heavy (non-hydrogen) atoms. The van der Waals surface area contributed by atoms with Gasteiger partial charge in [-0.2, -0.15) is 0 Å². The van der Waals surface area contributed by atoms with Crippen LogP contribution in [0.4, 0.5) is 0 Å². The highest BCUT2D eigenvalue weighted by Gasteiger charge is 2.38. The minimum absolute atomic E-state index is 0.0160. The van der Waals surface area contributed by atoms with E-state index >= 15 is 0 Å². The number of ether oxygens (including phenoxy) is 2. The van der Waals surface area contributed by atoms with Crippen molar-refractivity contribution in [2.75, 3.05) is 13.7 Å². The molecule has 0 saturated heterocycles. The summed E-state index contributed by atoms with van der Waals surface area (Å²) in [5, 5.41) is 17.9. The fourth-order valence-corrected chi connectivity index (χ4v) is 5.22. The summed E-state index contributed by atoms with van der Waals surface area (Å²) in [6, 6.07) is 10.1. The first-order valence-electron chi connectivity index (χ1n) is 13.6. The molecule has 6 heteroatoms. The zero-order valence-electron chi connectivity index (χ0n) is 23.4. The van der Waals surface area contributed by atoms with Crippen molar-refractivity contribution < 1.29 is 29.3 Å². The number of carboxylic acid groups (broad SMARTS) is 2. The van der Waals surface area contributed by atoms with E-state index in [1.807, 2.05) is 18.2 Å². The largest absolute Gasteiger partial charge is 0.496 e. The molecule has 0 radical (unpaired) electrons. The van der Waals surface area contributed by atoms with Gasteiger partial charge in [-0.1, -0.05) is 53.0 Å². The number of hydrogen-bond acceptors (Lipinski definition) is 4. The minimum Gasteiger partial charge on any atom is -0.496 e. The maximum Gasteiger partial charge on any atom is 0.328 e. The molecular weight excluding hydrogens is 480 g/mol. The van der Waals surface area contributed by atoms with Gasteiger partial charge in [0.15, 0.2) is 0 Å². The molecule has 0 fully saturated rings. The Morgan fingerprint density at radius 3 is 2.08 bits per heavy atom. The highest BCUT2D eigenvalue weighted by atomic mass is 16.5. The summed E-state index contributed by atoms with van der Waals surface area (Å²) in [5.74, 6) is -0.226. The molecule has 0 saturated carbocycles. The van der Waals surface area contributed by atoms with Gasteiger partial charge in [-0.3, -0.25) is 4.79 Å². The number of carboxylic acids is 2. The van der Waals surface area contributed by atoms with Gasteiger partial charge in [0.25, 0.3) is 0 Å². The van der Waals surface area contributed by atoms with Gasteiger partial charge in [0.05, 0.1) is 13.7 Å². The molecule has 206 valence electrons. The van der Waals surface area contributed by atoms with E-state index in [9.17, 15) is 9.59 Å². The Hall–Kier alpha value is -3.28. The van der Waals surface area contributed by atoms with Gasteiger partial charge in [-0.15, -0.1) is 0 Å². The third-order valence-corrected chi connectivity index (χ3v) is 7.68. The first kappa shape index (κ1) is 29.3. The summed E-state index contributed by atoms with van der Waals surface area (Å²) >= 11 is 0. The lowest BCUT2D eigenvalue weighted by molar-refractivity contribution is -0.137. The van der Waals surface area contributed by atoms with Gasteiger partial charge in [-0.05, 0) is 83.5 Å². The highest BCUT2D eigenvalue weighted by molar-refractivity contribution is 5.86. The van der Waals surface area contributed by atoms with Gasteiger partial charge in [0.1, 0.15) is 11.5 Å². The molecule has 2 N–H and O–H groups in total. The second-order valence-corrected chi connectivity index (χ2v) is 11.6. The molecule has 1 aliphatic carbocycles. The van der Waals surface area contributed by atoms with Crippen LogP contribution in [0.25, 0.3) is 17.2 Å². The van der Waals surface area contributed by atoms with Crippen LogP contribution in [-0.4, -0.2) is 35.9 Å². The Morgan fingerprint density at radius 2 is 1.45 bits per heavy atom. The quantitative estimate of drug-likeness (QED) is 0.208. The number of carbonyl (C=O) groups is 2. The number of methoxy groups -OCH3 is 1. The van der Waals surface area contributed by atoms with E-state index in [0.717, 1.165) is 67.0 Å². The fourth-order valence-electron chi connectivity index (χ4n) is 5.22. The predicted octanol–water partition coefficient (Wildman–Crippen LogP) is 7.61. The maximum atomic E-state index is 11.1. The number of hydrogen-bond donors (Lipinski definition) is 2. The summed E-state index contributed by atoms with van der Waals surface area (Å²) in [6.45, 7) is 9.73. The molecule has 0 aromatic heterocycles. The van der Waals surface area contributed by atoms with Gasteiger partial charge < -0.3 is 19.7 Å². The molecule has 0 unspecified atom stereocenters. The van der Waals surface area contributed by atoms with Crippen LogP contribution in [0.5, 0.6) is 11.5 Å². The first-order chi connectivity index (χ1) is 17.9. The third kappa shape index (κ3) is 7.40. The summed E-state index contributed by atoms with van der Waals surface area (Å²) in [6.07, 6.45) is 9.61. The molecule has 2 aromatic rings. The molecule has 2 aromatic carbocycles. The maximum absolute atomic E-state index is 11.1. The van der Waals surface area contributed by atoms with Crippen LogP contribution in [0.3, 0.4) is 0 Å². The topological polar surface area (TPSA) is 93.1 Å². The van der Waals surface area contributed by atoms with Crippen molar-refractivity contribution in [1.82, 2.24) is 0 Å². The molecule has 0 bridgehead atoms. The lowest BCUT2D eigenvalue weighted by Gasteiger charge is -2.42. The summed E-state index contributed by atoms with van der Waals surface area (Å²) in [7, 11) is 1.64. The summed E-state index contributed by atoms with van der Waals surface area (Å²) in [4.78, 5) is 21.8. The lowest BCUT2D eigenvalue weighted by Crippen LogP contribution is -2.34. The lowest BCUT2D eigenvalue weighted by atomic mass is 9.62. The van der Waals surface area contributed by atoms with E-state index in [1.54, 1.807) is 13.2 Å². The third-order valence-electron chi connectivity index (χ3n) is 7.68. The summed E-state index contributed by atoms with van der Waals surface area (Å²) in [5.41, 5.74) is 5.24. The summed E-state index contributed by atoms with van der Waals surface area (Å²) < 4.78 is 12.2. The standard InChI is InChI=1S/C32H42O6/c1-31(2)16-17-32(3,4)26-21-28(38-18-10-8-6-7-9-11-29(33)34)24(20-25(26)31)23-19-22(13-15-30(35)36)12-14-27(23)37-5/h12-15,19-21H,6-11,16-18H2,1-5H3,(H,33,34)(H,35,36)/b15-13+. The second kappa shape index (κ2) is 12.5. The van der Waals surface area contributed by atoms with E-state index in [-0.39, 0.29) is 17.3 Å². The van der Waals surface area contributed by atoms with Crippen molar-refractivity contribution in [3.63, 3.8) is 0 Å². The molecule has 0 spiro atoms. The van der Waals surface area contributed by atoms with E-state index in [2.05, 4.69) is 39.8 Å². The molecule has 0 amide bonds. The number of fused-ring (bicyclic) bond motifs is 1. The molecule has 0 aliphatic heterocycles. The van der Waals surface area contributed by atoms with Crippen LogP contribution in [0, 0.1) is 0 Å². The van der Waals surface area contributed by atoms with Crippen molar-refractivity contribution >= 4 is 18.0 Å². The highest BCUT2D eigenvalue weighted by Crippen LogP contribution is 2.50. The van der Waals surface area contributed by atoms with Crippen molar-refractivity contribution in [2.45, 2.75) is 89.9 Å². The van der Waals surface area contributed by atoms with Crippen LogP contribution in [0.2, 0.25) is 0 Å². The molecular formula is C32H42O6. The number of benzene rings is 2. The van der Waals surface area contributed by atoms with Crippen LogP contribution in [0.15, 0.2) is 36.4 Å². The van der Waals surface area contributed by atoms with Crippen molar-refractivity contribution in [2.24, 2.45) is 0 Å². The fraction of sp³-hybridized carbons (Fsp3) is 0.500. The Balaban J connectivity index is 1.97. The first-order valence-corrected chi connectivity index (χ1v) is 13.6. The van der Waals surface area contributed by atoms with Gasteiger partial charge in [0.2, 0.25) is 0 Å². The zero-order chi connectivity index (χ0) is 27.9. The smallest absolute Gasteiger partial charge is 0.328 e. The molecule has 3 rings (SSSR count). The van der Waals surface area contributed by atoms with Gasteiger partial charge in [-0.25, -0.2) is 4.79 Å². The van der Waals surface area contributed by atoms with Crippen molar-refractivity contribution in [3.8, 4) is 22.6 Å². The number of rotatable bonds is 13.